The van der Waals surface area contributed by atoms with Gasteiger partial charge in [0.1, 0.15) is 0 Å². The maximum atomic E-state index is 12.0. The first kappa shape index (κ1) is 12.2. The average Bonchev–Trinajstić information content (AvgIpc) is 2.35. The molecule has 2 N–H and O–H groups in total. The molecule has 1 aromatic rings. The van der Waals surface area contributed by atoms with Gasteiger partial charge in [-0.3, -0.25) is 4.68 Å². The summed E-state index contributed by atoms with van der Waals surface area (Å²) in [4.78, 5) is 0. The van der Waals surface area contributed by atoms with E-state index in [2.05, 4.69) is 5.10 Å². The predicted octanol–water partition coefficient (Wildman–Crippen LogP) is 1.28. The largest absolute Gasteiger partial charge is 0.419 e. The second-order valence-electron chi connectivity index (χ2n) is 2.28. The van der Waals surface area contributed by atoms with Crippen LogP contribution >= 0.6 is 12.4 Å². The molecule has 0 aliphatic carbocycles. The van der Waals surface area contributed by atoms with E-state index in [9.17, 15) is 13.2 Å². The third-order valence-corrected chi connectivity index (χ3v) is 1.32. The lowest BCUT2D eigenvalue weighted by Crippen LogP contribution is -2.10. The fourth-order valence-electron chi connectivity index (χ4n) is 0.765. The Balaban J connectivity index is 0.00000144. The Kier molecular flexibility index (Phi) is 4.22. The van der Waals surface area contributed by atoms with Crippen molar-refractivity contribution in [3.05, 3.63) is 18.0 Å². The van der Waals surface area contributed by atoms with Crippen molar-refractivity contribution in [2.75, 3.05) is 6.54 Å². The summed E-state index contributed by atoms with van der Waals surface area (Å²) in [5.74, 6) is 0. The van der Waals surface area contributed by atoms with Crippen LogP contribution in [-0.4, -0.2) is 16.3 Å². The number of rotatable bonds is 2. The van der Waals surface area contributed by atoms with E-state index in [0.29, 0.717) is 6.54 Å². The lowest BCUT2D eigenvalue weighted by molar-refractivity contribution is -0.137. The number of alkyl halides is 3. The Labute approximate surface area is 79.1 Å². The summed E-state index contributed by atoms with van der Waals surface area (Å²) in [6, 6.07) is 0. The van der Waals surface area contributed by atoms with Crippen LogP contribution in [0.4, 0.5) is 13.2 Å². The fraction of sp³-hybridized carbons (Fsp3) is 0.500. The van der Waals surface area contributed by atoms with E-state index in [1.54, 1.807) is 0 Å². The summed E-state index contributed by atoms with van der Waals surface area (Å²) < 4.78 is 37.0. The normalized spacial score (nSPS) is 11.1. The molecule has 0 aliphatic rings. The van der Waals surface area contributed by atoms with Gasteiger partial charge < -0.3 is 5.73 Å². The van der Waals surface area contributed by atoms with Crippen LogP contribution in [0.1, 0.15) is 5.56 Å². The van der Waals surface area contributed by atoms with Gasteiger partial charge in [0.2, 0.25) is 0 Å². The van der Waals surface area contributed by atoms with Gasteiger partial charge in [0.05, 0.1) is 18.3 Å². The zero-order chi connectivity index (χ0) is 9.19. The molecule has 1 heterocycles. The maximum Gasteiger partial charge on any atom is 0.419 e. The van der Waals surface area contributed by atoms with Gasteiger partial charge in [0, 0.05) is 12.7 Å². The van der Waals surface area contributed by atoms with Gasteiger partial charge in [0.15, 0.2) is 0 Å². The fourth-order valence-corrected chi connectivity index (χ4v) is 0.765. The first-order valence-corrected chi connectivity index (χ1v) is 3.34. The number of nitrogens with zero attached hydrogens (tertiary/aromatic N) is 2. The molecular weight excluding hydrogens is 207 g/mol. The second-order valence-corrected chi connectivity index (χ2v) is 2.28. The summed E-state index contributed by atoms with van der Waals surface area (Å²) in [6.45, 7) is 0.578. The lowest BCUT2D eigenvalue weighted by atomic mass is 10.4. The molecule has 0 radical (unpaired) electrons. The van der Waals surface area contributed by atoms with Gasteiger partial charge >= 0.3 is 6.18 Å². The third kappa shape index (κ3) is 3.23. The predicted molar refractivity (Wildman–Crippen MR) is 43.5 cm³/mol. The highest BCUT2D eigenvalue weighted by Crippen LogP contribution is 2.28. The molecule has 7 heteroatoms. The molecule has 0 spiro atoms. The van der Waals surface area contributed by atoms with Gasteiger partial charge in [-0.1, -0.05) is 0 Å². The molecule has 0 unspecified atom stereocenters. The van der Waals surface area contributed by atoms with Crippen molar-refractivity contribution in [2.24, 2.45) is 5.73 Å². The maximum absolute atomic E-state index is 12.0. The van der Waals surface area contributed by atoms with Gasteiger partial charge in [-0.25, -0.2) is 0 Å². The van der Waals surface area contributed by atoms with E-state index in [1.165, 1.54) is 4.68 Å². The van der Waals surface area contributed by atoms with Crippen molar-refractivity contribution in [1.29, 1.82) is 0 Å². The summed E-state index contributed by atoms with van der Waals surface area (Å²) in [7, 11) is 0. The van der Waals surface area contributed by atoms with E-state index in [0.717, 1.165) is 12.4 Å². The highest BCUT2D eigenvalue weighted by atomic mass is 35.5. The van der Waals surface area contributed by atoms with E-state index in [-0.39, 0.29) is 19.0 Å². The molecule has 3 nitrogen and oxygen atoms in total. The molecule has 0 atom stereocenters. The van der Waals surface area contributed by atoms with Gasteiger partial charge in [-0.05, 0) is 0 Å². The Morgan fingerprint density at radius 3 is 2.46 bits per heavy atom. The number of halogens is 4. The highest BCUT2D eigenvalue weighted by Gasteiger charge is 2.31. The molecule has 0 amide bonds. The molecular formula is C6H9ClF3N3. The molecule has 0 bridgehead atoms. The quantitative estimate of drug-likeness (QED) is 0.808. The lowest BCUT2D eigenvalue weighted by Gasteiger charge is -2.00. The van der Waals surface area contributed by atoms with Crippen molar-refractivity contribution < 1.29 is 13.2 Å². The van der Waals surface area contributed by atoms with Gasteiger partial charge in [-0.15, -0.1) is 12.4 Å². The number of nitrogens with two attached hydrogens (primary N) is 1. The van der Waals surface area contributed by atoms with E-state index >= 15 is 0 Å². The number of aromatic nitrogens is 2. The van der Waals surface area contributed by atoms with Crippen LogP contribution in [0.25, 0.3) is 0 Å². The van der Waals surface area contributed by atoms with Crippen LogP contribution in [0, 0.1) is 0 Å². The zero-order valence-electron chi connectivity index (χ0n) is 6.58. The minimum Gasteiger partial charge on any atom is -0.329 e. The third-order valence-electron chi connectivity index (χ3n) is 1.32. The summed E-state index contributed by atoms with van der Waals surface area (Å²) in [5, 5.41) is 3.49. The second kappa shape index (κ2) is 4.48. The molecule has 1 rings (SSSR count). The minimum atomic E-state index is -4.31. The van der Waals surface area contributed by atoms with Gasteiger partial charge in [-0.2, -0.15) is 18.3 Å². The average molecular weight is 216 g/mol. The van der Waals surface area contributed by atoms with Crippen LogP contribution in [-0.2, 0) is 12.7 Å². The van der Waals surface area contributed by atoms with Crippen molar-refractivity contribution in [1.82, 2.24) is 9.78 Å². The smallest absolute Gasteiger partial charge is 0.329 e. The SMILES string of the molecule is Cl.NCCn1cc(C(F)(F)F)cn1. The molecule has 0 saturated heterocycles. The first-order valence-electron chi connectivity index (χ1n) is 3.34. The molecule has 76 valence electrons. The summed E-state index contributed by atoms with van der Waals surface area (Å²) >= 11 is 0. The van der Waals surface area contributed by atoms with Crippen molar-refractivity contribution in [3.8, 4) is 0 Å². The van der Waals surface area contributed by atoms with Crippen molar-refractivity contribution in [3.63, 3.8) is 0 Å². The van der Waals surface area contributed by atoms with E-state index in [1.807, 2.05) is 0 Å². The van der Waals surface area contributed by atoms with E-state index < -0.39 is 11.7 Å². The Morgan fingerprint density at radius 1 is 1.46 bits per heavy atom. The molecule has 13 heavy (non-hydrogen) atoms. The van der Waals surface area contributed by atoms with Crippen LogP contribution in [0.15, 0.2) is 12.4 Å². The molecule has 0 saturated carbocycles. The summed E-state index contributed by atoms with van der Waals surface area (Å²) in [6.07, 6.45) is -2.59. The Morgan fingerprint density at radius 2 is 2.08 bits per heavy atom. The van der Waals surface area contributed by atoms with Crippen LogP contribution in [0.3, 0.4) is 0 Å². The topological polar surface area (TPSA) is 43.8 Å². The summed E-state index contributed by atoms with van der Waals surface area (Å²) in [5.41, 5.74) is 4.40. The molecule has 0 fully saturated rings. The molecule has 0 aromatic carbocycles. The monoisotopic (exact) mass is 215 g/mol. The van der Waals surface area contributed by atoms with Crippen LogP contribution in [0.2, 0.25) is 0 Å². The standard InChI is InChI=1S/C6H8F3N3.ClH/c7-6(8,9)5-3-11-12(4-5)2-1-10;/h3-4H,1-2,10H2;1H. The molecule has 0 aliphatic heterocycles. The first-order chi connectivity index (χ1) is 5.54. The van der Waals surface area contributed by atoms with E-state index in [4.69, 9.17) is 5.73 Å². The highest BCUT2D eigenvalue weighted by molar-refractivity contribution is 5.85. The zero-order valence-corrected chi connectivity index (χ0v) is 7.40. The molecule has 1 aromatic heterocycles. The van der Waals surface area contributed by atoms with Crippen LogP contribution in [0.5, 0.6) is 0 Å². The Bertz CT molecular complexity index is 258. The van der Waals surface area contributed by atoms with Crippen molar-refractivity contribution in [2.45, 2.75) is 12.7 Å². The number of hydrogen-bond acceptors (Lipinski definition) is 2. The Hall–Kier alpha value is -0.750. The van der Waals surface area contributed by atoms with Gasteiger partial charge in [0.25, 0.3) is 0 Å². The van der Waals surface area contributed by atoms with Crippen molar-refractivity contribution >= 4 is 12.4 Å². The van der Waals surface area contributed by atoms with Crippen LogP contribution < -0.4 is 5.73 Å². The minimum absolute atomic E-state index is 0. The number of hydrogen-bond donors (Lipinski definition) is 1.